The Morgan fingerprint density at radius 3 is 2.70 bits per heavy atom. The topological polar surface area (TPSA) is 21.6 Å². The molecule has 2 aromatic rings. The zero-order valence-corrected chi connectivity index (χ0v) is 13.1. The monoisotopic (exact) mass is 331 g/mol. The summed E-state index contributed by atoms with van der Waals surface area (Å²) in [5, 5.41) is 0. The molecule has 0 radical (unpaired) electrons. The highest BCUT2D eigenvalue weighted by Gasteiger charge is 2.02. The van der Waals surface area contributed by atoms with E-state index in [9.17, 15) is 0 Å². The van der Waals surface area contributed by atoms with E-state index in [2.05, 4.69) is 27.8 Å². The molecule has 0 amide bonds. The second-order valence-corrected chi connectivity index (χ2v) is 5.39. The molecule has 0 aliphatic rings. The number of para-hydroxylation sites is 1. The smallest absolute Gasteiger partial charge is 0.129 e. The van der Waals surface area contributed by atoms with Crippen LogP contribution in [-0.4, -0.2) is 12.8 Å². The van der Waals surface area contributed by atoms with Crippen LogP contribution < -0.4 is 4.74 Å². The number of ether oxygens (including phenoxy) is 1. The van der Waals surface area contributed by atoms with E-state index >= 15 is 0 Å². The molecule has 104 valence electrons. The highest BCUT2D eigenvalue weighted by Crippen LogP contribution is 2.23. The van der Waals surface area contributed by atoms with Crippen LogP contribution in [0.4, 0.5) is 5.69 Å². The average molecular weight is 332 g/mol. The van der Waals surface area contributed by atoms with Crippen LogP contribution in [0.3, 0.4) is 0 Å². The van der Waals surface area contributed by atoms with Gasteiger partial charge in [-0.05, 0) is 36.8 Å². The Bertz CT molecular complexity index is 566. The molecule has 0 fully saturated rings. The average Bonchev–Trinajstić information content (AvgIpc) is 2.48. The molecular formula is C17H18BrNO. The molecule has 0 aromatic heterocycles. The van der Waals surface area contributed by atoms with Crippen molar-refractivity contribution >= 4 is 27.8 Å². The zero-order chi connectivity index (χ0) is 14.2. The van der Waals surface area contributed by atoms with Gasteiger partial charge in [0.1, 0.15) is 5.75 Å². The third-order valence-electron chi connectivity index (χ3n) is 2.84. The molecule has 0 saturated carbocycles. The van der Waals surface area contributed by atoms with E-state index in [0.717, 1.165) is 40.9 Å². The molecule has 20 heavy (non-hydrogen) atoms. The van der Waals surface area contributed by atoms with Gasteiger partial charge in [-0.2, -0.15) is 0 Å². The second kappa shape index (κ2) is 7.85. The van der Waals surface area contributed by atoms with Crippen LogP contribution in [0.1, 0.15) is 25.3 Å². The van der Waals surface area contributed by atoms with Gasteiger partial charge in [-0.25, -0.2) is 0 Å². The molecule has 0 bridgehead atoms. The van der Waals surface area contributed by atoms with Gasteiger partial charge in [-0.3, -0.25) is 4.99 Å². The Hall–Kier alpha value is -1.61. The first-order chi connectivity index (χ1) is 9.79. The number of halogens is 1. The lowest BCUT2D eigenvalue weighted by molar-refractivity contribution is 0.309. The maximum absolute atomic E-state index is 5.83. The minimum Gasteiger partial charge on any atom is -0.493 e. The summed E-state index contributed by atoms with van der Waals surface area (Å²) in [5.74, 6) is 0.868. The molecule has 3 heteroatoms. The third kappa shape index (κ3) is 4.49. The first-order valence-electron chi connectivity index (χ1n) is 6.81. The van der Waals surface area contributed by atoms with Gasteiger partial charge in [-0.1, -0.05) is 47.5 Å². The third-order valence-corrected chi connectivity index (χ3v) is 3.33. The summed E-state index contributed by atoms with van der Waals surface area (Å²) < 4.78 is 6.84. The van der Waals surface area contributed by atoms with Crippen LogP contribution in [0.15, 0.2) is 58.0 Å². The Morgan fingerprint density at radius 1 is 1.15 bits per heavy atom. The van der Waals surface area contributed by atoms with Crippen molar-refractivity contribution in [3.63, 3.8) is 0 Å². The summed E-state index contributed by atoms with van der Waals surface area (Å²) in [6.45, 7) is 2.89. The van der Waals surface area contributed by atoms with Crippen molar-refractivity contribution < 1.29 is 4.74 Å². The number of hydrogen-bond donors (Lipinski definition) is 0. The first-order valence-corrected chi connectivity index (χ1v) is 7.60. The van der Waals surface area contributed by atoms with Crippen LogP contribution in [0.5, 0.6) is 5.75 Å². The highest BCUT2D eigenvalue weighted by molar-refractivity contribution is 9.10. The van der Waals surface area contributed by atoms with Crippen LogP contribution >= 0.6 is 15.9 Å². The Labute approximate surface area is 128 Å². The molecule has 0 saturated heterocycles. The minimum absolute atomic E-state index is 0.735. The lowest BCUT2D eigenvalue weighted by atomic mass is 10.2. The summed E-state index contributed by atoms with van der Waals surface area (Å²) in [6, 6.07) is 15.9. The van der Waals surface area contributed by atoms with Gasteiger partial charge in [0, 0.05) is 16.3 Å². The van der Waals surface area contributed by atoms with Crippen molar-refractivity contribution in [2.45, 2.75) is 19.8 Å². The molecule has 2 aromatic carbocycles. The summed E-state index contributed by atoms with van der Waals surface area (Å²) in [5.41, 5.74) is 1.93. The van der Waals surface area contributed by atoms with Crippen LogP contribution in [0.2, 0.25) is 0 Å². The number of nitrogens with zero attached hydrogens (tertiary/aromatic N) is 1. The van der Waals surface area contributed by atoms with Crippen LogP contribution in [-0.2, 0) is 0 Å². The molecular weight excluding hydrogens is 314 g/mol. The van der Waals surface area contributed by atoms with Gasteiger partial charge >= 0.3 is 0 Å². The van der Waals surface area contributed by atoms with Gasteiger partial charge in [0.2, 0.25) is 0 Å². The van der Waals surface area contributed by atoms with E-state index in [1.807, 2.05) is 54.7 Å². The van der Waals surface area contributed by atoms with Crippen molar-refractivity contribution in [3.05, 3.63) is 58.6 Å². The maximum Gasteiger partial charge on any atom is 0.129 e. The largest absolute Gasteiger partial charge is 0.493 e. The molecule has 0 N–H and O–H groups in total. The Kier molecular flexibility index (Phi) is 5.81. The van der Waals surface area contributed by atoms with E-state index in [0.29, 0.717) is 0 Å². The minimum atomic E-state index is 0.735. The van der Waals surface area contributed by atoms with E-state index in [-0.39, 0.29) is 0 Å². The van der Waals surface area contributed by atoms with Crippen molar-refractivity contribution in [1.82, 2.24) is 0 Å². The SMILES string of the molecule is CCCCOc1cc(Br)ccc1C=Nc1ccccc1. The van der Waals surface area contributed by atoms with Crippen molar-refractivity contribution in [3.8, 4) is 5.75 Å². The second-order valence-electron chi connectivity index (χ2n) is 4.48. The molecule has 0 spiro atoms. The number of rotatable bonds is 6. The summed E-state index contributed by atoms with van der Waals surface area (Å²) >= 11 is 3.48. The van der Waals surface area contributed by atoms with Gasteiger partial charge in [0.25, 0.3) is 0 Å². The van der Waals surface area contributed by atoms with E-state index in [1.165, 1.54) is 0 Å². The van der Waals surface area contributed by atoms with E-state index in [4.69, 9.17) is 4.74 Å². The van der Waals surface area contributed by atoms with E-state index in [1.54, 1.807) is 0 Å². The predicted octanol–water partition coefficient (Wildman–Crippen LogP) is 5.38. The van der Waals surface area contributed by atoms with E-state index < -0.39 is 0 Å². The number of aliphatic imine (C=N–C) groups is 1. The van der Waals surface area contributed by atoms with Gasteiger partial charge < -0.3 is 4.74 Å². The molecule has 0 heterocycles. The number of hydrogen-bond acceptors (Lipinski definition) is 2. The standard InChI is InChI=1S/C17H18BrNO/c1-2-3-11-20-17-12-15(18)10-9-14(17)13-19-16-7-5-4-6-8-16/h4-10,12-13H,2-3,11H2,1H3. The van der Waals surface area contributed by atoms with Crippen LogP contribution in [0, 0.1) is 0 Å². The predicted molar refractivity (Wildman–Crippen MR) is 88.2 cm³/mol. The fourth-order valence-corrected chi connectivity index (χ4v) is 2.06. The molecule has 0 unspecified atom stereocenters. The number of unbranched alkanes of at least 4 members (excludes halogenated alkanes) is 1. The highest BCUT2D eigenvalue weighted by atomic mass is 79.9. The van der Waals surface area contributed by atoms with Gasteiger partial charge in [0.05, 0.1) is 12.3 Å². The van der Waals surface area contributed by atoms with Gasteiger partial charge in [0.15, 0.2) is 0 Å². The first kappa shape index (κ1) is 14.8. The molecule has 2 rings (SSSR count). The summed E-state index contributed by atoms with van der Waals surface area (Å²) in [6.07, 6.45) is 4.03. The van der Waals surface area contributed by atoms with Crippen molar-refractivity contribution in [1.29, 1.82) is 0 Å². The maximum atomic E-state index is 5.83. The fourth-order valence-electron chi connectivity index (χ4n) is 1.72. The number of benzene rings is 2. The summed E-state index contributed by atoms with van der Waals surface area (Å²) in [4.78, 5) is 4.47. The quantitative estimate of drug-likeness (QED) is 0.514. The van der Waals surface area contributed by atoms with Crippen molar-refractivity contribution in [2.75, 3.05) is 6.61 Å². The molecule has 2 nitrogen and oxygen atoms in total. The Morgan fingerprint density at radius 2 is 1.95 bits per heavy atom. The normalized spacial score (nSPS) is 10.9. The lowest BCUT2D eigenvalue weighted by Crippen LogP contribution is -1.99. The summed E-state index contributed by atoms with van der Waals surface area (Å²) in [7, 11) is 0. The zero-order valence-electron chi connectivity index (χ0n) is 11.6. The molecule has 0 aliphatic heterocycles. The molecule has 0 aliphatic carbocycles. The van der Waals surface area contributed by atoms with Gasteiger partial charge in [-0.15, -0.1) is 0 Å². The van der Waals surface area contributed by atoms with Crippen LogP contribution in [0.25, 0.3) is 0 Å². The van der Waals surface area contributed by atoms with Crippen molar-refractivity contribution in [2.24, 2.45) is 4.99 Å². The molecule has 0 atom stereocenters. The lowest BCUT2D eigenvalue weighted by Gasteiger charge is -2.09. The fraction of sp³-hybridized carbons (Fsp3) is 0.235. The Balaban J connectivity index is 2.15.